The molecule has 0 saturated carbocycles. The zero-order valence-electron chi connectivity index (χ0n) is 16.3. The van der Waals surface area contributed by atoms with Gasteiger partial charge in [-0.05, 0) is 63.0 Å². The molecule has 0 aliphatic carbocycles. The highest BCUT2D eigenvalue weighted by molar-refractivity contribution is 7.12. The Bertz CT molecular complexity index is 871. The van der Waals surface area contributed by atoms with Gasteiger partial charge in [0.1, 0.15) is 11.9 Å². The third-order valence-electron chi connectivity index (χ3n) is 4.89. The molecule has 1 aliphatic rings. The predicted octanol–water partition coefficient (Wildman–Crippen LogP) is 6.26. The van der Waals surface area contributed by atoms with Crippen LogP contribution in [0, 0.1) is 20.8 Å². The van der Waals surface area contributed by atoms with Crippen LogP contribution in [0.3, 0.4) is 0 Å². The van der Waals surface area contributed by atoms with E-state index in [2.05, 4.69) is 71.0 Å². The van der Waals surface area contributed by atoms with Crippen LogP contribution in [0.25, 0.3) is 5.57 Å². The van der Waals surface area contributed by atoms with Gasteiger partial charge in [0.2, 0.25) is 0 Å². The molecule has 1 aliphatic heterocycles. The van der Waals surface area contributed by atoms with E-state index in [0.717, 1.165) is 17.9 Å². The average molecular weight is 366 g/mol. The van der Waals surface area contributed by atoms with Gasteiger partial charge >= 0.3 is 0 Å². The Kier molecular flexibility index (Phi) is 5.77. The zero-order chi connectivity index (χ0) is 18.7. The van der Waals surface area contributed by atoms with Crippen LogP contribution in [0.1, 0.15) is 46.7 Å². The summed E-state index contributed by atoms with van der Waals surface area (Å²) in [6.45, 7) is 11.4. The maximum Gasteiger partial charge on any atom is 0.119 e. The first-order valence-electron chi connectivity index (χ1n) is 9.22. The SMILES string of the molecule is CCC1C=C(c2ccccc2)C=C(CN=C(C)c2c(C)sc(C)c2C)O1. The number of rotatable bonds is 5. The van der Waals surface area contributed by atoms with Gasteiger partial charge in [-0.25, -0.2) is 0 Å². The van der Waals surface area contributed by atoms with Crippen LogP contribution in [-0.4, -0.2) is 18.4 Å². The van der Waals surface area contributed by atoms with Gasteiger partial charge in [0.15, 0.2) is 0 Å². The number of benzene rings is 1. The van der Waals surface area contributed by atoms with E-state index in [4.69, 9.17) is 9.73 Å². The van der Waals surface area contributed by atoms with Crippen molar-refractivity contribution in [3.05, 3.63) is 74.7 Å². The maximum atomic E-state index is 6.12. The molecule has 26 heavy (non-hydrogen) atoms. The van der Waals surface area contributed by atoms with Crippen molar-refractivity contribution in [3.63, 3.8) is 0 Å². The lowest BCUT2D eigenvalue weighted by molar-refractivity contribution is 0.147. The second-order valence-corrected chi connectivity index (χ2v) is 8.21. The molecule has 1 unspecified atom stereocenters. The highest BCUT2D eigenvalue weighted by Gasteiger charge is 2.16. The summed E-state index contributed by atoms with van der Waals surface area (Å²) in [6.07, 6.45) is 5.42. The zero-order valence-corrected chi connectivity index (χ0v) is 17.1. The van der Waals surface area contributed by atoms with Gasteiger partial charge in [0.05, 0.1) is 6.54 Å². The molecule has 0 N–H and O–H groups in total. The van der Waals surface area contributed by atoms with Crippen LogP contribution in [0.15, 0.2) is 53.2 Å². The smallest absolute Gasteiger partial charge is 0.119 e. The quantitative estimate of drug-likeness (QED) is 0.573. The fourth-order valence-corrected chi connectivity index (χ4v) is 4.49. The van der Waals surface area contributed by atoms with E-state index >= 15 is 0 Å². The molecule has 0 amide bonds. The van der Waals surface area contributed by atoms with Crippen LogP contribution in [-0.2, 0) is 4.74 Å². The van der Waals surface area contributed by atoms with E-state index in [0.29, 0.717) is 6.54 Å². The summed E-state index contributed by atoms with van der Waals surface area (Å²) < 4.78 is 6.12. The summed E-state index contributed by atoms with van der Waals surface area (Å²) in [6, 6.07) is 10.5. The second-order valence-electron chi connectivity index (χ2n) is 6.78. The Labute approximate surface area is 160 Å². The number of hydrogen-bond donors (Lipinski definition) is 0. The van der Waals surface area contributed by atoms with Gasteiger partial charge in [-0.3, -0.25) is 4.99 Å². The second kappa shape index (κ2) is 8.05. The monoisotopic (exact) mass is 365 g/mol. The number of nitrogens with zero attached hydrogens (tertiary/aromatic N) is 1. The van der Waals surface area contributed by atoms with Crippen molar-refractivity contribution in [2.45, 2.75) is 47.1 Å². The summed E-state index contributed by atoms with van der Waals surface area (Å²) in [4.78, 5) is 7.57. The third-order valence-corrected chi connectivity index (χ3v) is 6.01. The molecule has 0 radical (unpaired) electrons. The number of thiophene rings is 1. The number of hydrogen-bond acceptors (Lipinski definition) is 3. The fraction of sp³-hybridized carbons (Fsp3) is 0.348. The summed E-state index contributed by atoms with van der Waals surface area (Å²) in [5.74, 6) is 0.944. The highest BCUT2D eigenvalue weighted by Crippen LogP contribution is 2.28. The van der Waals surface area contributed by atoms with Crippen LogP contribution < -0.4 is 0 Å². The van der Waals surface area contributed by atoms with Gasteiger partial charge in [0.25, 0.3) is 0 Å². The van der Waals surface area contributed by atoms with E-state index in [1.165, 1.54) is 32.0 Å². The topological polar surface area (TPSA) is 21.6 Å². The third kappa shape index (κ3) is 3.99. The van der Waals surface area contributed by atoms with Gasteiger partial charge in [-0.1, -0.05) is 37.3 Å². The fourth-order valence-electron chi connectivity index (χ4n) is 3.38. The van der Waals surface area contributed by atoms with E-state index in [1.54, 1.807) is 0 Å². The Morgan fingerprint density at radius 2 is 1.85 bits per heavy atom. The number of allylic oxidation sites excluding steroid dienone is 2. The van der Waals surface area contributed by atoms with Gasteiger partial charge in [-0.2, -0.15) is 0 Å². The lowest BCUT2D eigenvalue weighted by atomic mass is 10.0. The van der Waals surface area contributed by atoms with Crippen molar-refractivity contribution in [1.82, 2.24) is 0 Å². The van der Waals surface area contributed by atoms with Crippen LogP contribution >= 0.6 is 11.3 Å². The summed E-state index contributed by atoms with van der Waals surface area (Å²) in [5, 5.41) is 0. The van der Waals surface area contributed by atoms with Crippen molar-refractivity contribution < 1.29 is 4.74 Å². The minimum absolute atomic E-state index is 0.118. The molecule has 0 fully saturated rings. The summed E-state index contributed by atoms with van der Waals surface area (Å²) in [7, 11) is 0. The Morgan fingerprint density at radius 3 is 2.46 bits per heavy atom. The normalized spacial score (nSPS) is 17.6. The molecule has 2 aromatic rings. The Balaban J connectivity index is 1.84. The molecule has 0 bridgehead atoms. The molecule has 136 valence electrons. The average Bonchev–Trinajstić information content (AvgIpc) is 2.92. The van der Waals surface area contributed by atoms with Crippen molar-refractivity contribution in [2.75, 3.05) is 6.54 Å². The molecule has 3 rings (SSSR count). The molecule has 2 heterocycles. The van der Waals surface area contributed by atoms with Crippen molar-refractivity contribution in [1.29, 1.82) is 0 Å². The molecule has 0 spiro atoms. The van der Waals surface area contributed by atoms with Crippen molar-refractivity contribution in [2.24, 2.45) is 4.99 Å². The standard InChI is InChI=1S/C23H27NOS/c1-6-21-12-20(19-10-8-7-9-11-19)13-22(25-21)14-24-16(3)23-15(2)17(4)26-18(23)5/h7-13,21H,6,14H2,1-5H3. The van der Waals surface area contributed by atoms with Crippen LogP contribution in [0.4, 0.5) is 0 Å². The molecule has 2 nitrogen and oxygen atoms in total. The molecule has 0 saturated heterocycles. The number of ether oxygens (including phenoxy) is 1. The number of aliphatic imine (C=N–C) groups is 1. The van der Waals surface area contributed by atoms with E-state index < -0.39 is 0 Å². The first-order chi connectivity index (χ1) is 12.5. The predicted molar refractivity (Wildman–Crippen MR) is 113 cm³/mol. The maximum absolute atomic E-state index is 6.12. The van der Waals surface area contributed by atoms with Crippen LogP contribution in [0.2, 0.25) is 0 Å². The largest absolute Gasteiger partial charge is 0.489 e. The van der Waals surface area contributed by atoms with Crippen LogP contribution in [0.5, 0.6) is 0 Å². The Hall–Kier alpha value is -2.13. The van der Waals surface area contributed by atoms with Crippen molar-refractivity contribution in [3.8, 4) is 0 Å². The number of aryl methyl sites for hydroxylation is 2. The molecule has 1 aromatic heterocycles. The van der Waals surface area contributed by atoms with Crippen molar-refractivity contribution >= 4 is 22.6 Å². The Morgan fingerprint density at radius 1 is 1.12 bits per heavy atom. The van der Waals surface area contributed by atoms with Gasteiger partial charge in [-0.15, -0.1) is 11.3 Å². The van der Waals surface area contributed by atoms with E-state index in [1.807, 2.05) is 17.4 Å². The van der Waals surface area contributed by atoms with Gasteiger partial charge in [0, 0.05) is 21.0 Å². The first-order valence-corrected chi connectivity index (χ1v) is 10.0. The minimum atomic E-state index is 0.118. The molecule has 3 heteroatoms. The van der Waals surface area contributed by atoms with E-state index in [-0.39, 0.29) is 6.10 Å². The first kappa shape index (κ1) is 18.7. The van der Waals surface area contributed by atoms with E-state index in [9.17, 15) is 0 Å². The lowest BCUT2D eigenvalue weighted by Crippen LogP contribution is -2.15. The summed E-state index contributed by atoms with van der Waals surface area (Å²) in [5.41, 5.74) is 6.20. The molecular formula is C23H27NOS. The summed E-state index contributed by atoms with van der Waals surface area (Å²) >= 11 is 1.85. The highest BCUT2D eigenvalue weighted by atomic mass is 32.1. The molecular weight excluding hydrogens is 338 g/mol. The minimum Gasteiger partial charge on any atom is -0.489 e. The molecule has 1 atom stereocenters. The van der Waals surface area contributed by atoms with Gasteiger partial charge < -0.3 is 4.74 Å². The lowest BCUT2D eigenvalue weighted by Gasteiger charge is -2.22. The molecule has 1 aromatic carbocycles.